The summed E-state index contributed by atoms with van der Waals surface area (Å²) in [6.45, 7) is 4.65. The van der Waals surface area contributed by atoms with Gasteiger partial charge in [0.15, 0.2) is 0 Å². The van der Waals surface area contributed by atoms with Crippen LogP contribution in [0.25, 0.3) is 0 Å². The van der Waals surface area contributed by atoms with Crippen LogP contribution in [0.1, 0.15) is 25.4 Å². The second-order valence-electron chi connectivity index (χ2n) is 3.62. The van der Waals surface area contributed by atoms with Crippen molar-refractivity contribution in [2.24, 2.45) is 11.7 Å². The number of hydrogen-bond acceptors (Lipinski definition) is 4. The number of nitrogens with zero attached hydrogens (tertiary/aromatic N) is 2. The number of methoxy groups -OCH3 is 1. The maximum Gasteiger partial charge on any atom is 0.216 e. The Bertz CT molecular complexity index is 277. The first-order chi connectivity index (χ1) is 6.65. The topological polar surface area (TPSA) is 61.0 Å². The summed E-state index contributed by atoms with van der Waals surface area (Å²) in [7, 11) is 1.60. The Kier molecular flexibility index (Phi) is 3.83. The van der Waals surface area contributed by atoms with Crippen LogP contribution in [0.4, 0.5) is 0 Å². The lowest BCUT2D eigenvalue weighted by atomic mass is 10.1. The van der Waals surface area contributed by atoms with Crippen molar-refractivity contribution in [2.45, 2.75) is 26.8 Å². The van der Waals surface area contributed by atoms with E-state index in [4.69, 9.17) is 10.5 Å². The predicted octanol–water partition coefficient (Wildman–Crippen LogP) is 1.14. The molecular formula is C10H17N3O. The molecule has 1 heterocycles. The molecule has 4 nitrogen and oxygen atoms in total. The zero-order valence-electron chi connectivity index (χ0n) is 8.95. The third-order valence-electron chi connectivity index (χ3n) is 1.81. The van der Waals surface area contributed by atoms with Crippen LogP contribution in [0.3, 0.4) is 0 Å². The Morgan fingerprint density at radius 3 is 2.64 bits per heavy atom. The summed E-state index contributed by atoms with van der Waals surface area (Å²) in [6, 6.07) is 1.86. The van der Waals surface area contributed by atoms with Gasteiger partial charge in [-0.25, -0.2) is 4.98 Å². The first-order valence-electron chi connectivity index (χ1n) is 4.76. The van der Waals surface area contributed by atoms with Gasteiger partial charge in [-0.2, -0.15) is 4.98 Å². The molecular weight excluding hydrogens is 178 g/mol. The van der Waals surface area contributed by atoms with Gasteiger partial charge >= 0.3 is 0 Å². The predicted molar refractivity (Wildman–Crippen MR) is 55.0 cm³/mol. The number of nitrogens with two attached hydrogens (primary N) is 1. The van der Waals surface area contributed by atoms with Crippen molar-refractivity contribution in [1.29, 1.82) is 0 Å². The Labute approximate surface area is 84.5 Å². The van der Waals surface area contributed by atoms with E-state index in [9.17, 15) is 0 Å². The molecule has 0 unspecified atom stereocenters. The van der Waals surface area contributed by atoms with Gasteiger partial charge in [-0.1, -0.05) is 13.8 Å². The lowest BCUT2D eigenvalue weighted by Crippen LogP contribution is -2.08. The standard InChI is InChI=1S/C10H17N3O/c1-7(2)4-8-5-10(14-3)13-9(6-11)12-8/h5,7H,4,6,11H2,1-3H3. The Morgan fingerprint density at radius 2 is 2.14 bits per heavy atom. The lowest BCUT2D eigenvalue weighted by Gasteiger charge is -2.07. The summed E-state index contributed by atoms with van der Waals surface area (Å²) in [5.41, 5.74) is 6.49. The van der Waals surface area contributed by atoms with Crippen molar-refractivity contribution in [3.8, 4) is 5.88 Å². The van der Waals surface area contributed by atoms with E-state index in [1.807, 2.05) is 6.07 Å². The van der Waals surface area contributed by atoms with Crippen LogP contribution in [-0.2, 0) is 13.0 Å². The number of ether oxygens (including phenoxy) is 1. The highest BCUT2D eigenvalue weighted by molar-refractivity contribution is 5.16. The van der Waals surface area contributed by atoms with Gasteiger partial charge in [0, 0.05) is 11.8 Å². The molecule has 0 saturated carbocycles. The summed E-state index contributed by atoms with van der Waals surface area (Å²) in [6.07, 6.45) is 0.922. The molecule has 0 aliphatic heterocycles. The zero-order valence-corrected chi connectivity index (χ0v) is 8.95. The lowest BCUT2D eigenvalue weighted by molar-refractivity contribution is 0.393. The Balaban J connectivity index is 2.92. The zero-order chi connectivity index (χ0) is 10.6. The highest BCUT2D eigenvalue weighted by Crippen LogP contribution is 2.12. The summed E-state index contributed by atoms with van der Waals surface area (Å²) in [5.74, 6) is 1.80. The molecule has 0 amide bonds. The van der Waals surface area contributed by atoms with E-state index < -0.39 is 0 Å². The number of rotatable bonds is 4. The van der Waals surface area contributed by atoms with Crippen molar-refractivity contribution < 1.29 is 4.74 Å². The first-order valence-corrected chi connectivity index (χ1v) is 4.76. The van der Waals surface area contributed by atoms with Gasteiger partial charge in [-0.3, -0.25) is 0 Å². The Morgan fingerprint density at radius 1 is 1.43 bits per heavy atom. The van der Waals surface area contributed by atoms with Gasteiger partial charge in [0.05, 0.1) is 13.7 Å². The van der Waals surface area contributed by atoms with Gasteiger partial charge < -0.3 is 10.5 Å². The van der Waals surface area contributed by atoms with E-state index in [2.05, 4.69) is 23.8 Å². The second kappa shape index (κ2) is 4.91. The van der Waals surface area contributed by atoms with E-state index in [0.717, 1.165) is 12.1 Å². The minimum Gasteiger partial charge on any atom is -0.481 e. The molecule has 1 aromatic rings. The van der Waals surface area contributed by atoms with Gasteiger partial charge in [0.1, 0.15) is 5.82 Å². The highest BCUT2D eigenvalue weighted by atomic mass is 16.5. The molecule has 0 aliphatic carbocycles. The molecule has 0 aliphatic rings. The van der Waals surface area contributed by atoms with Crippen LogP contribution in [0, 0.1) is 5.92 Å². The molecule has 14 heavy (non-hydrogen) atoms. The quantitative estimate of drug-likeness (QED) is 0.782. The third kappa shape index (κ3) is 2.96. The van der Waals surface area contributed by atoms with Crippen LogP contribution < -0.4 is 10.5 Å². The summed E-state index contributed by atoms with van der Waals surface area (Å²) >= 11 is 0. The van der Waals surface area contributed by atoms with Crippen molar-refractivity contribution in [1.82, 2.24) is 9.97 Å². The molecule has 0 bridgehead atoms. The van der Waals surface area contributed by atoms with Crippen molar-refractivity contribution in [3.63, 3.8) is 0 Å². The molecule has 78 valence electrons. The molecule has 1 rings (SSSR count). The number of aromatic nitrogens is 2. The average molecular weight is 195 g/mol. The van der Waals surface area contributed by atoms with Gasteiger partial charge in [0.2, 0.25) is 5.88 Å². The van der Waals surface area contributed by atoms with Crippen LogP contribution in [-0.4, -0.2) is 17.1 Å². The maximum absolute atomic E-state index is 5.49. The minimum atomic E-state index is 0.349. The van der Waals surface area contributed by atoms with E-state index in [0.29, 0.717) is 24.2 Å². The fraction of sp³-hybridized carbons (Fsp3) is 0.600. The van der Waals surface area contributed by atoms with Crippen molar-refractivity contribution in [3.05, 3.63) is 17.6 Å². The SMILES string of the molecule is COc1cc(CC(C)C)nc(CN)n1. The van der Waals surface area contributed by atoms with Crippen LogP contribution in [0.15, 0.2) is 6.07 Å². The van der Waals surface area contributed by atoms with E-state index in [1.165, 1.54) is 0 Å². The fourth-order valence-corrected chi connectivity index (χ4v) is 1.24. The molecule has 0 atom stereocenters. The van der Waals surface area contributed by atoms with Crippen LogP contribution in [0.2, 0.25) is 0 Å². The second-order valence-corrected chi connectivity index (χ2v) is 3.62. The fourth-order valence-electron chi connectivity index (χ4n) is 1.24. The van der Waals surface area contributed by atoms with Crippen LogP contribution in [0.5, 0.6) is 5.88 Å². The third-order valence-corrected chi connectivity index (χ3v) is 1.81. The normalized spacial score (nSPS) is 10.6. The molecule has 0 fully saturated rings. The van der Waals surface area contributed by atoms with Crippen molar-refractivity contribution in [2.75, 3.05) is 7.11 Å². The molecule has 0 radical (unpaired) electrons. The van der Waals surface area contributed by atoms with Gasteiger partial charge in [-0.05, 0) is 12.3 Å². The van der Waals surface area contributed by atoms with Gasteiger partial charge in [0.25, 0.3) is 0 Å². The summed E-state index contributed by atoms with van der Waals surface area (Å²) in [5, 5.41) is 0. The summed E-state index contributed by atoms with van der Waals surface area (Å²) < 4.78 is 5.07. The molecule has 4 heteroatoms. The molecule has 0 spiro atoms. The first kappa shape index (κ1) is 10.9. The van der Waals surface area contributed by atoms with Crippen molar-refractivity contribution >= 4 is 0 Å². The number of hydrogen-bond donors (Lipinski definition) is 1. The summed E-state index contributed by atoms with van der Waals surface area (Å²) in [4.78, 5) is 8.44. The maximum atomic E-state index is 5.49. The monoisotopic (exact) mass is 195 g/mol. The smallest absolute Gasteiger partial charge is 0.216 e. The van der Waals surface area contributed by atoms with Crippen LogP contribution >= 0.6 is 0 Å². The Hall–Kier alpha value is -1.16. The molecule has 2 N–H and O–H groups in total. The highest BCUT2D eigenvalue weighted by Gasteiger charge is 2.05. The average Bonchev–Trinajstić information content (AvgIpc) is 2.16. The van der Waals surface area contributed by atoms with E-state index in [-0.39, 0.29) is 0 Å². The van der Waals surface area contributed by atoms with E-state index in [1.54, 1.807) is 7.11 Å². The largest absolute Gasteiger partial charge is 0.481 e. The van der Waals surface area contributed by atoms with E-state index >= 15 is 0 Å². The minimum absolute atomic E-state index is 0.349. The molecule has 1 aromatic heterocycles. The van der Waals surface area contributed by atoms with Gasteiger partial charge in [-0.15, -0.1) is 0 Å². The molecule has 0 aromatic carbocycles. The molecule has 0 saturated heterocycles.